The van der Waals surface area contributed by atoms with E-state index in [9.17, 15) is 9.59 Å². The highest BCUT2D eigenvalue weighted by molar-refractivity contribution is 6.35. The van der Waals surface area contributed by atoms with E-state index < -0.39 is 18.0 Å². The first kappa shape index (κ1) is 19.9. The lowest BCUT2D eigenvalue weighted by Gasteiger charge is -2.16. The molecule has 0 bridgehead atoms. The number of carbonyl (C=O) groups is 2. The van der Waals surface area contributed by atoms with E-state index >= 15 is 0 Å². The van der Waals surface area contributed by atoms with Gasteiger partial charge in [0.05, 0.1) is 24.9 Å². The monoisotopic (exact) mass is 397 g/mol. The normalized spacial score (nSPS) is 11.4. The van der Waals surface area contributed by atoms with Gasteiger partial charge < -0.3 is 19.5 Å². The van der Waals surface area contributed by atoms with E-state index in [1.54, 1.807) is 30.3 Å². The third kappa shape index (κ3) is 4.59. The number of halogens is 2. The molecule has 2 aromatic rings. The molecule has 0 unspecified atom stereocenters. The first-order chi connectivity index (χ1) is 12.4. The van der Waals surface area contributed by atoms with Crippen molar-refractivity contribution in [2.45, 2.75) is 13.0 Å². The van der Waals surface area contributed by atoms with Crippen LogP contribution in [0.5, 0.6) is 11.5 Å². The fourth-order valence-electron chi connectivity index (χ4n) is 2.15. The molecule has 0 radical (unpaired) electrons. The van der Waals surface area contributed by atoms with Gasteiger partial charge in [0.15, 0.2) is 6.10 Å². The zero-order valence-electron chi connectivity index (χ0n) is 14.3. The van der Waals surface area contributed by atoms with Gasteiger partial charge in [-0.15, -0.1) is 0 Å². The number of ether oxygens (including phenoxy) is 3. The van der Waals surface area contributed by atoms with Gasteiger partial charge in [0.2, 0.25) is 0 Å². The number of methoxy groups -OCH3 is 2. The standard InChI is InChI=1S/C18H17Cl2NO5/c1-10(17(22)21-13-9-11(19)7-8-12(13)20)26-18(23)16-14(24-2)5-4-6-15(16)25-3/h4-10H,1-3H3,(H,21,22)/t10-/m1/s1. The number of benzene rings is 2. The summed E-state index contributed by atoms with van der Waals surface area (Å²) in [7, 11) is 2.84. The molecule has 2 rings (SSSR count). The Hall–Kier alpha value is -2.44. The van der Waals surface area contributed by atoms with Crippen molar-refractivity contribution >= 4 is 40.8 Å². The van der Waals surface area contributed by atoms with Crippen LogP contribution in [-0.4, -0.2) is 32.2 Å². The maximum Gasteiger partial charge on any atom is 0.346 e. The Bertz CT molecular complexity index is 803. The lowest BCUT2D eigenvalue weighted by molar-refractivity contribution is -0.123. The molecule has 0 saturated heterocycles. The van der Waals surface area contributed by atoms with E-state index in [2.05, 4.69) is 5.32 Å². The molecule has 0 heterocycles. The summed E-state index contributed by atoms with van der Waals surface area (Å²) in [6.07, 6.45) is -1.09. The molecule has 0 fully saturated rings. The predicted octanol–water partition coefficient (Wildman–Crippen LogP) is 4.19. The molecule has 1 N–H and O–H groups in total. The highest BCUT2D eigenvalue weighted by Gasteiger charge is 2.25. The molecule has 0 saturated carbocycles. The van der Waals surface area contributed by atoms with Gasteiger partial charge >= 0.3 is 5.97 Å². The van der Waals surface area contributed by atoms with Crippen molar-refractivity contribution in [3.63, 3.8) is 0 Å². The van der Waals surface area contributed by atoms with Crippen LogP contribution in [0.2, 0.25) is 10.0 Å². The molecule has 1 atom stereocenters. The summed E-state index contributed by atoms with van der Waals surface area (Å²) in [6.45, 7) is 1.44. The summed E-state index contributed by atoms with van der Waals surface area (Å²) in [6, 6.07) is 9.50. The Labute approximate surface area is 160 Å². The number of esters is 1. The highest BCUT2D eigenvalue weighted by atomic mass is 35.5. The van der Waals surface area contributed by atoms with Crippen LogP contribution in [0.15, 0.2) is 36.4 Å². The second kappa shape index (κ2) is 8.78. The average Bonchev–Trinajstić information content (AvgIpc) is 2.63. The van der Waals surface area contributed by atoms with E-state index in [1.165, 1.54) is 27.2 Å². The summed E-state index contributed by atoms with van der Waals surface area (Å²) in [4.78, 5) is 24.8. The van der Waals surface area contributed by atoms with E-state index in [1.807, 2.05) is 0 Å². The first-order valence-electron chi connectivity index (χ1n) is 7.55. The molecule has 0 spiro atoms. The molecular weight excluding hydrogens is 381 g/mol. The van der Waals surface area contributed by atoms with Crippen LogP contribution in [0.25, 0.3) is 0 Å². The number of hydrogen-bond acceptors (Lipinski definition) is 5. The third-order valence-electron chi connectivity index (χ3n) is 3.47. The van der Waals surface area contributed by atoms with Crippen LogP contribution >= 0.6 is 23.2 Å². The molecular formula is C18H17Cl2NO5. The molecule has 138 valence electrons. The maximum absolute atomic E-state index is 12.5. The van der Waals surface area contributed by atoms with Crippen molar-refractivity contribution in [1.82, 2.24) is 0 Å². The van der Waals surface area contributed by atoms with Crippen LogP contribution in [0.1, 0.15) is 17.3 Å². The van der Waals surface area contributed by atoms with Gasteiger partial charge in [0.25, 0.3) is 5.91 Å². The molecule has 0 aliphatic heterocycles. The molecule has 6 nitrogen and oxygen atoms in total. The van der Waals surface area contributed by atoms with Gasteiger partial charge in [0.1, 0.15) is 17.1 Å². The van der Waals surface area contributed by atoms with E-state index in [-0.39, 0.29) is 17.1 Å². The first-order valence-corrected chi connectivity index (χ1v) is 8.30. The summed E-state index contributed by atoms with van der Waals surface area (Å²) in [5, 5.41) is 3.29. The van der Waals surface area contributed by atoms with Crippen LogP contribution in [-0.2, 0) is 9.53 Å². The van der Waals surface area contributed by atoms with Gasteiger partial charge in [-0.25, -0.2) is 4.79 Å². The number of nitrogens with one attached hydrogen (secondary N) is 1. The Morgan fingerprint density at radius 3 is 2.23 bits per heavy atom. The van der Waals surface area contributed by atoms with Crippen molar-refractivity contribution in [3.8, 4) is 11.5 Å². The molecule has 26 heavy (non-hydrogen) atoms. The number of rotatable bonds is 6. The van der Waals surface area contributed by atoms with E-state index in [4.69, 9.17) is 37.4 Å². The van der Waals surface area contributed by atoms with Crippen LogP contribution < -0.4 is 14.8 Å². The van der Waals surface area contributed by atoms with E-state index in [0.717, 1.165) is 0 Å². The summed E-state index contributed by atoms with van der Waals surface area (Å²) < 4.78 is 15.6. The number of anilines is 1. The highest BCUT2D eigenvalue weighted by Crippen LogP contribution is 2.29. The Kier molecular flexibility index (Phi) is 6.71. The fourth-order valence-corrected chi connectivity index (χ4v) is 2.49. The summed E-state index contributed by atoms with van der Waals surface area (Å²) in [5.74, 6) is -0.754. The second-order valence-electron chi connectivity index (χ2n) is 5.20. The number of carbonyl (C=O) groups excluding carboxylic acids is 2. The lowest BCUT2D eigenvalue weighted by Crippen LogP contribution is -2.30. The molecule has 0 aliphatic rings. The zero-order valence-corrected chi connectivity index (χ0v) is 15.9. The smallest absolute Gasteiger partial charge is 0.346 e. The van der Waals surface area contributed by atoms with Gasteiger partial charge in [-0.2, -0.15) is 0 Å². The Morgan fingerprint density at radius 2 is 1.65 bits per heavy atom. The average molecular weight is 398 g/mol. The quantitative estimate of drug-likeness (QED) is 0.739. The second-order valence-corrected chi connectivity index (χ2v) is 6.04. The minimum Gasteiger partial charge on any atom is -0.496 e. The fraction of sp³-hybridized carbons (Fsp3) is 0.222. The summed E-state index contributed by atoms with van der Waals surface area (Å²) >= 11 is 11.9. The van der Waals surface area contributed by atoms with Crippen LogP contribution in [0.3, 0.4) is 0 Å². The third-order valence-corrected chi connectivity index (χ3v) is 4.04. The van der Waals surface area contributed by atoms with Gasteiger partial charge in [-0.1, -0.05) is 29.3 Å². The van der Waals surface area contributed by atoms with Gasteiger partial charge in [-0.05, 0) is 37.3 Å². The SMILES string of the molecule is COc1cccc(OC)c1C(=O)O[C@H](C)C(=O)Nc1cc(Cl)ccc1Cl. The largest absolute Gasteiger partial charge is 0.496 e. The zero-order chi connectivity index (χ0) is 19.3. The van der Waals surface area contributed by atoms with E-state index in [0.29, 0.717) is 15.7 Å². The van der Waals surface area contributed by atoms with Crippen LogP contribution in [0, 0.1) is 0 Å². The van der Waals surface area contributed by atoms with Gasteiger partial charge in [0, 0.05) is 5.02 Å². The van der Waals surface area contributed by atoms with Crippen molar-refractivity contribution in [3.05, 3.63) is 52.0 Å². The van der Waals surface area contributed by atoms with Crippen molar-refractivity contribution in [2.75, 3.05) is 19.5 Å². The predicted molar refractivity (Wildman–Crippen MR) is 99.5 cm³/mol. The maximum atomic E-state index is 12.5. The minimum atomic E-state index is -1.09. The van der Waals surface area contributed by atoms with Crippen LogP contribution in [0.4, 0.5) is 5.69 Å². The molecule has 0 aromatic heterocycles. The van der Waals surface area contributed by atoms with Gasteiger partial charge in [-0.3, -0.25) is 4.79 Å². The molecule has 8 heteroatoms. The number of hydrogen-bond donors (Lipinski definition) is 1. The molecule has 2 aromatic carbocycles. The summed E-state index contributed by atoms with van der Waals surface area (Å²) in [5.41, 5.74) is 0.417. The Morgan fingerprint density at radius 1 is 1.04 bits per heavy atom. The van der Waals surface area contributed by atoms with Crippen molar-refractivity contribution < 1.29 is 23.8 Å². The Balaban J connectivity index is 2.14. The topological polar surface area (TPSA) is 73.9 Å². The molecule has 0 aliphatic carbocycles. The lowest BCUT2D eigenvalue weighted by atomic mass is 10.1. The van der Waals surface area contributed by atoms with Crippen molar-refractivity contribution in [1.29, 1.82) is 0 Å². The minimum absolute atomic E-state index is 0.0953. The van der Waals surface area contributed by atoms with Crippen molar-refractivity contribution in [2.24, 2.45) is 0 Å². The number of amides is 1. The molecule has 1 amide bonds.